The lowest BCUT2D eigenvalue weighted by molar-refractivity contribution is -0.120. The number of para-hydroxylation sites is 1. The average molecular weight is 251 g/mol. The first kappa shape index (κ1) is 14.5. The minimum Gasteiger partial charge on any atom is -0.508 e. The van der Waals surface area contributed by atoms with E-state index in [0.29, 0.717) is 18.7 Å². The fourth-order valence-corrected chi connectivity index (χ4v) is 1.54. The average Bonchev–Trinajstić information content (AvgIpc) is 2.36. The van der Waals surface area contributed by atoms with E-state index in [1.54, 1.807) is 24.3 Å². The molecule has 0 heterocycles. The van der Waals surface area contributed by atoms with Gasteiger partial charge in [0.05, 0.1) is 6.42 Å². The van der Waals surface area contributed by atoms with Gasteiger partial charge >= 0.3 is 0 Å². The second kappa shape index (κ2) is 8.53. The van der Waals surface area contributed by atoms with Gasteiger partial charge in [-0.2, -0.15) is 0 Å². The molecule has 0 atom stereocenters. The first-order chi connectivity index (χ1) is 8.74. The van der Waals surface area contributed by atoms with Crippen LogP contribution in [-0.2, 0) is 16.0 Å². The van der Waals surface area contributed by atoms with Gasteiger partial charge in [0, 0.05) is 25.3 Å². The number of phenols is 1. The molecule has 0 saturated carbocycles. The van der Waals surface area contributed by atoms with E-state index < -0.39 is 0 Å². The van der Waals surface area contributed by atoms with Crippen LogP contribution >= 0.6 is 0 Å². The summed E-state index contributed by atoms with van der Waals surface area (Å²) in [6, 6.07) is 6.88. The van der Waals surface area contributed by atoms with Crippen molar-refractivity contribution in [1.82, 2.24) is 5.32 Å². The predicted octanol–water partition coefficient (Wildman–Crippen LogP) is 1.87. The van der Waals surface area contributed by atoms with Crippen LogP contribution in [0.2, 0.25) is 0 Å². The molecule has 0 aliphatic heterocycles. The molecule has 0 aliphatic rings. The Morgan fingerprint density at radius 1 is 1.33 bits per heavy atom. The zero-order chi connectivity index (χ0) is 13.2. The normalized spacial score (nSPS) is 10.3. The fraction of sp³-hybridized carbons (Fsp3) is 0.500. The molecule has 18 heavy (non-hydrogen) atoms. The molecule has 4 heteroatoms. The Balaban J connectivity index is 2.16. The van der Waals surface area contributed by atoms with E-state index in [0.717, 1.165) is 19.4 Å². The molecule has 0 spiro atoms. The van der Waals surface area contributed by atoms with Gasteiger partial charge < -0.3 is 15.2 Å². The van der Waals surface area contributed by atoms with Gasteiger partial charge in [-0.15, -0.1) is 0 Å². The minimum absolute atomic E-state index is 0.0769. The van der Waals surface area contributed by atoms with Crippen molar-refractivity contribution < 1.29 is 14.6 Å². The van der Waals surface area contributed by atoms with Crippen LogP contribution in [0.25, 0.3) is 0 Å². The SMILES string of the molecule is CCCOCCCNC(=O)Cc1ccccc1O. The van der Waals surface area contributed by atoms with E-state index in [9.17, 15) is 9.90 Å². The van der Waals surface area contributed by atoms with Crippen molar-refractivity contribution >= 4 is 5.91 Å². The number of nitrogens with one attached hydrogen (secondary N) is 1. The largest absolute Gasteiger partial charge is 0.508 e. The molecule has 0 saturated heterocycles. The van der Waals surface area contributed by atoms with Gasteiger partial charge in [-0.1, -0.05) is 25.1 Å². The Kier molecular flexibility index (Phi) is 6.87. The summed E-state index contributed by atoms with van der Waals surface area (Å²) in [5, 5.41) is 12.3. The molecule has 100 valence electrons. The topological polar surface area (TPSA) is 58.6 Å². The Morgan fingerprint density at radius 2 is 2.11 bits per heavy atom. The second-order valence-electron chi connectivity index (χ2n) is 4.12. The number of benzene rings is 1. The number of carbonyl (C=O) groups is 1. The molecule has 1 aromatic rings. The number of hydrogen-bond acceptors (Lipinski definition) is 3. The number of hydrogen-bond donors (Lipinski definition) is 2. The maximum atomic E-state index is 11.6. The van der Waals surface area contributed by atoms with Crippen molar-refractivity contribution in [2.45, 2.75) is 26.2 Å². The number of rotatable bonds is 8. The smallest absolute Gasteiger partial charge is 0.224 e. The monoisotopic (exact) mass is 251 g/mol. The van der Waals surface area contributed by atoms with Crippen LogP contribution in [0.1, 0.15) is 25.3 Å². The van der Waals surface area contributed by atoms with Gasteiger partial charge in [0.15, 0.2) is 0 Å². The van der Waals surface area contributed by atoms with Crippen LogP contribution in [0.15, 0.2) is 24.3 Å². The van der Waals surface area contributed by atoms with Crippen molar-refractivity contribution in [2.24, 2.45) is 0 Å². The van der Waals surface area contributed by atoms with Gasteiger partial charge in [-0.05, 0) is 18.9 Å². The van der Waals surface area contributed by atoms with Crippen LogP contribution in [0.5, 0.6) is 5.75 Å². The lowest BCUT2D eigenvalue weighted by Crippen LogP contribution is -2.26. The lowest BCUT2D eigenvalue weighted by atomic mass is 10.1. The third-order valence-corrected chi connectivity index (χ3v) is 2.48. The number of carbonyl (C=O) groups excluding carboxylic acids is 1. The Labute approximate surface area is 108 Å². The highest BCUT2D eigenvalue weighted by Crippen LogP contribution is 2.15. The first-order valence-electron chi connectivity index (χ1n) is 6.35. The maximum Gasteiger partial charge on any atom is 0.224 e. The molecule has 0 fully saturated rings. The summed E-state index contributed by atoms with van der Waals surface area (Å²) in [4.78, 5) is 11.6. The molecule has 2 N–H and O–H groups in total. The van der Waals surface area contributed by atoms with E-state index in [-0.39, 0.29) is 18.1 Å². The molecule has 0 bridgehead atoms. The van der Waals surface area contributed by atoms with Crippen molar-refractivity contribution in [2.75, 3.05) is 19.8 Å². The van der Waals surface area contributed by atoms with Gasteiger partial charge in [0.25, 0.3) is 0 Å². The quantitative estimate of drug-likeness (QED) is 0.693. The minimum atomic E-state index is -0.0769. The second-order valence-corrected chi connectivity index (χ2v) is 4.12. The van der Waals surface area contributed by atoms with E-state index in [2.05, 4.69) is 12.2 Å². The highest BCUT2D eigenvalue weighted by atomic mass is 16.5. The van der Waals surface area contributed by atoms with E-state index in [1.165, 1.54) is 0 Å². The summed E-state index contributed by atoms with van der Waals surface area (Å²) >= 11 is 0. The lowest BCUT2D eigenvalue weighted by Gasteiger charge is -2.06. The van der Waals surface area contributed by atoms with Crippen molar-refractivity contribution in [3.8, 4) is 5.75 Å². The number of phenolic OH excluding ortho intramolecular Hbond substituents is 1. The highest BCUT2D eigenvalue weighted by molar-refractivity contribution is 5.79. The van der Waals surface area contributed by atoms with Crippen LogP contribution < -0.4 is 5.32 Å². The van der Waals surface area contributed by atoms with Crippen molar-refractivity contribution in [3.63, 3.8) is 0 Å². The van der Waals surface area contributed by atoms with Gasteiger partial charge in [-0.25, -0.2) is 0 Å². The predicted molar refractivity (Wildman–Crippen MR) is 70.5 cm³/mol. The van der Waals surface area contributed by atoms with Crippen LogP contribution in [0.4, 0.5) is 0 Å². The Bertz CT molecular complexity index is 366. The molecule has 0 aromatic heterocycles. The summed E-state index contributed by atoms with van der Waals surface area (Å²) in [6.45, 7) is 4.11. The number of amides is 1. The van der Waals surface area contributed by atoms with Gasteiger partial charge in [-0.3, -0.25) is 4.79 Å². The molecule has 0 radical (unpaired) electrons. The highest BCUT2D eigenvalue weighted by Gasteiger charge is 2.05. The standard InChI is InChI=1S/C14H21NO3/c1-2-9-18-10-5-8-15-14(17)11-12-6-3-4-7-13(12)16/h3-4,6-7,16H,2,5,8-11H2,1H3,(H,15,17). The zero-order valence-corrected chi connectivity index (χ0v) is 10.8. The summed E-state index contributed by atoms with van der Waals surface area (Å²) < 4.78 is 5.31. The Morgan fingerprint density at radius 3 is 2.83 bits per heavy atom. The summed E-state index contributed by atoms with van der Waals surface area (Å²) in [7, 11) is 0. The van der Waals surface area contributed by atoms with Crippen molar-refractivity contribution in [1.29, 1.82) is 0 Å². The third kappa shape index (κ3) is 5.68. The van der Waals surface area contributed by atoms with E-state index >= 15 is 0 Å². The van der Waals surface area contributed by atoms with Crippen LogP contribution in [-0.4, -0.2) is 30.8 Å². The zero-order valence-electron chi connectivity index (χ0n) is 10.8. The van der Waals surface area contributed by atoms with Crippen molar-refractivity contribution in [3.05, 3.63) is 29.8 Å². The molecule has 4 nitrogen and oxygen atoms in total. The van der Waals surface area contributed by atoms with E-state index in [1.807, 2.05) is 0 Å². The van der Waals surface area contributed by atoms with Crippen LogP contribution in [0, 0.1) is 0 Å². The molecule has 0 unspecified atom stereocenters. The van der Waals surface area contributed by atoms with Gasteiger partial charge in [0.1, 0.15) is 5.75 Å². The molecule has 0 aliphatic carbocycles. The third-order valence-electron chi connectivity index (χ3n) is 2.48. The molecular weight excluding hydrogens is 230 g/mol. The molecule has 1 rings (SSSR count). The molecule has 1 aromatic carbocycles. The fourth-order valence-electron chi connectivity index (χ4n) is 1.54. The first-order valence-corrected chi connectivity index (χ1v) is 6.35. The maximum absolute atomic E-state index is 11.6. The number of ether oxygens (including phenoxy) is 1. The van der Waals surface area contributed by atoms with E-state index in [4.69, 9.17) is 4.74 Å². The number of aromatic hydroxyl groups is 1. The molecular formula is C14H21NO3. The molecule has 1 amide bonds. The van der Waals surface area contributed by atoms with Gasteiger partial charge in [0.2, 0.25) is 5.91 Å². The summed E-state index contributed by atoms with van der Waals surface area (Å²) in [5.41, 5.74) is 0.650. The summed E-state index contributed by atoms with van der Waals surface area (Å²) in [5.74, 6) is 0.0888. The van der Waals surface area contributed by atoms with Crippen LogP contribution in [0.3, 0.4) is 0 Å². The Hall–Kier alpha value is -1.55. The summed E-state index contributed by atoms with van der Waals surface area (Å²) in [6.07, 6.45) is 2.04.